The molecule has 0 bridgehead atoms. The fraction of sp³-hybridized carbons (Fsp3) is 0.167. The van der Waals surface area contributed by atoms with E-state index in [9.17, 15) is 9.90 Å². The van der Waals surface area contributed by atoms with Crippen LogP contribution in [0.15, 0.2) is 22.7 Å². The lowest BCUT2D eigenvalue weighted by atomic mass is 10.00. The van der Waals surface area contributed by atoms with Gasteiger partial charge in [0.15, 0.2) is 0 Å². The van der Waals surface area contributed by atoms with Crippen LogP contribution in [-0.4, -0.2) is 21.3 Å². The topological polar surface area (TPSA) is 83.6 Å². The van der Waals surface area contributed by atoms with Crippen LogP contribution in [0.25, 0.3) is 11.3 Å². The van der Waals surface area contributed by atoms with Gasteiger partial charge in [-0.3, -0.25) is 0 Å². The average Bonchev–Trinajstić information content (AvgIpc) is 2.75. The number of carboxylic acid groups (broad SMARTS) is 1. The zero-order valence-electron chi connectivity index (χ0n) is 9.39. The molecule has 0 saturated carbocycles. The van der Waals surface area contributed by atoms with E-state index in [1.807, 2.05) is 6.92 Å². The number of hydrogen-bond donors (Lipinski definition) is 2. The van der Waals surface area contributed by atoms with Gasteiger partial charge >= 0.3 is 5.97 Å². The number of carboxylic acids is 1. The molecule has 0 atom stereocenters. The number of nitrogens with zero attached hydrogens (tertiary/aromatic N) is 1. The highest BCUT2D eigenvalue weighted by Gasteiger charge is 2.15. The van der Waals surface area contributed by atoms with Crippen molar-refractivity contribution in [1.29, 1.82) is 0 Å². The Morgan fingerprint density at radius 2 is 2.00 bits per heavy atom. The lowest BCUT2D eigenvalue weighted by Gasteiger charge is -2.07. The molecule has 0 amide bonds. The third-order valence-corrected chi connectivity index (χ3v) is 2.76. The van der Waals surface area contributed by atoms with Gasteiger partial charge in [-0.15, -0.1) is 0 Å². The van der Waals surface area contributed by atoms with E-state index in [-0.39, 0.29) is 11.5 Å². The molecule has 2 N–H and O–H groups in total. The molecule has 0 saturated heterocycles. The third-order valence-electron chi connectivity index (χ3n) is 2.76. The van der Waals surface area contributed by atoms with Crippen LogP contribution in [0.3, 0.4) is 0 Å². The van der Waals surface area contributed by atoms with Crippen molar-refractivity contribution in [1.82, 2.24) is 5.16 Å². The molecule has 88 valence electrons. The standard InChI is InChI=1S/C12H11NO4/c1-6-7(2)10(14)4-3-8(6)9-5-11(12(15)16)17-13-9/h3-5,14H,1-2H3,(H,15,16). The molecule has 0 fully saturated rings. The summed E-state index contributed by atoms with van der Waals surface area (Å²) in [5, 5.41) is 22.0. The number of benzene rings is 1. The van der Waals surface area contributed by atoms with Crippen LogP contribution in [0, 0.1) is 13.8 Å². The first kappa shape index (κ1) is 11.2. The number of phenols is 1. The number of aromatic carboxylic acids is 1. The van der Waals surface area contributed by atoms with Gasteiger partial charge in [0.25, 0.3) is 0 Å². The van der Waals surface area contributed by atoms with Crippen LogP contribution in [0.4, 0.5) is 0 Å². The second-order valence-corrected chi connectivity index (χ2v) is 3.76. The Morgan fingerprint density at radius 1 is 1.29 bits per heavy atom. The summed E-state index contributed by atoms with van der Waals surface area (Å²) >= 11 is 0. The number of carbonyl (C=O) groups is 1. The van der Waals surface area contributed by atoms with Gasteiger partial charge in [-0.05, 0) is 37.1 Å². The summed E-state index contributed by atoms with van der Waals surface area (Å²) in [6, 6.07) is 4.59. The van der Waals surface area contributed by atoms with Crippen molar-refractivity contribution in [2.75, 3.05) is 0 Å². The molecule has 1 heterocycles. The monoisotopic (exact) mass is 233 g/mol. The molecule has 0 aliphatic carbocycles. The maximum absolute atomic E-state index is 10.7. The molecule has 0 aliphatic rings. The van der Waals surface area contributed by atoms with E-state index < -0.39 is 5.97 Å². The van der Waals surface area contributed by atoms with E-state index in [4.69, 9.17) is 9.63 Å². The first-order valence-corrected chi connectivity index (χ1v) is 5.00. The number of rotatable bonds is 2. The SMILES string of the molecule is Cc1c(O)ccc(-c2cc(C(=O)O)on2)c1C. The van der Waals surface area contributed by atoms with Crippen molar-refractivity contribution in [2.45, 2.75) is 13.8 Å². The van der Waals surface area contributed by atoms with Gasteiger partial charge in [-0.25, -0.2) is 4.79 Å². The first-order chi connectivity index (χ1) is 8.00. The number of aromatic hydroxyl groups is 1. The maximum atomic E-state index is 10.7. The predicted octanol–water partition coefficient (Wildman–Crippen LogP) is 2.36. The van der Waals surface area contributed by atoms with Crippen LogP contribution in [0.5, 0.6) is 5.75 Å². The molecule has 1 aromatic carbocycles. The van der Waals surface area contributed by atoms with E-state index in [1.54, 1.807) is 19.1 Å². The Labute approximate surface area is 97.3 Å². The average molecular weight is 233 g/mol. The lowest BCUT2D eigenvalue weighted by molar-refractivity contribution is 0.0652. The van der Waals surface area contributed by atoms with E-state index >= 15 is 0 Å². The lowest BCUT2D eigenvalue weighted by Crippen LogP contribution is -1.92. The summed E-state index contributed by atoms with van der Waals surface area (Å²) in [6.45, 7) is 3.62. The highest BCUT2D eigenvalue weighted by Crippen LogP contribution is 2.29. The van der Waals surface area contributed by atoms with Crippen LogP contribution in [-0.2, 0) is 0 Å². The normalized spacial score (nSPS) is 10.5. The van der Waals surface area contributed by atoms with Crippen LogP contribution >= 0.6 is 0 Å². The molecule has 0 aliphatic heterocycles. The summed E-state index contributed by atoms with van der Waals surface area (Å²) in [5.74, 6) is -1.16. The summed E-state index contributed by atoms with van der Waals surface area (Å²) < 4.78 is 4.69. The van der Waals surface area contributed by atoms with Crippen LogP contribution in [0.2, 0.25) is 0 Å². The molecule has 0 unspecified atom stereocenters. The van der Waals surface area contributed by atoms with Gasteiger partial charge in [0.1, 0.15) is 11.4 Å². The molecule has 5 nitrogen and oxygen atoms in total. The van der Waals surface area contributed by atoms with Gasteiger partial charge in [-0.1, -0.05) is 5.16 Å². The van der Waals surface area contributed by atoms with Gasteiger partial charge in [0.2, 0.25) is 5.76 Å². The number of hydrogen-bond acceptors (Lipinski definition) is 4. The molecule has 5 heteroatoms. The molecular formula is C12H11NO4. The molecular weight excluding hydrogens is 222 g/mol. The molecule has 2 rings (SSSR count). The summed E-state index contributed by atoms with van der Waals surface area (Å²) in [4.78, 5) is 10.7. The van der Waals surface area contributed by atoms with Crippen LogP contribution in [0.1, 0.15) is 21.7 Å². The second-order valence-electron chi connectivity index (χ2n) is 3.76. The maximum Gasteiger partial charge on any atom is 0.374 e. The molecule has 17 heavy (non-hydrogen) atoms. The third kappa shape index (κ3) is 1.87. The van der Waals surface area contributed by atoms with Crippen molar-refractivity contribution in [3.8, 4) is 17.0 Å². The largest absolute Gasteiger partial charge is 0.508 e. The smallest absolute Gasteiger partial charge is 0.374 e. The summed E-state index contributed by atoms with van der Waals surface area (Å²) in [5.41, 5.74) is 2.78. The van der Waals surface area contributed by atoms with Crippen LogP contribution < -0.4 is 0 Å². The van der Waals surface area contributed by atoms with E-state index in [2.05, 4.69) is 5.16 Å². The molecule has 1 aromatic heterocycles. The first-order valence-electron chi connectivity index (χ1n) is 5.00. The van der Waals surface area contributed by atoms with Crippen molar-refractivity contribution in [3.63, 3.8) is 0 Å². The van der Waals surface area contributed by atoms with Gasteiger partial charge in [-0.2, -0.15) is 0 Å². The van der Waals surface area contributed by atoms with E-state index in [0.717, 1.165) is 16.7 Å². The molecule has 0 spiro atoms. The zero-order valence-corrected chi connectivity index (χ0v) is 9.39. The zero-order chi connectivity index (χ0) is 12.6. The minimum absolute atomic E-state index is 0.202. The summed E-state index contributed by atoms with van der Waals surface area (Å²) in [6.07, 6.45) is 0. The number of phenolic OH excluding ortho intramolecular Hbond substituents is 1. The fourth-order valence-corrected chi connectivity index (χ4v) is 1.59. The van der Waals surface area contributed by atoms with Gasteiger partial charge in [0.05, 0.1) is 0 Å². The van der Waals surface area contributed by atoms with E-state index in [1.165, 1.54) is 6.07 Å². The molecule has 0 radical (unpaired) electrons. The predicted molar refractivity (Wildman–Crippen MR) is 60.0 cm³/mol. The fourth-order valence-electron chi connectivity index (χ4n) is 1.59. The Balaban J connectivity index is 2.53. The minimum Gasteiger partial charge on any atom is -0.508 e. The highest BCUT2D eigenvalue weighted by atomic mass is 16.5. The molecule has 2 aromatic rings. The highest BCUT2D eigenvalue weighted by molar-refractivity contribution is 5.86. The Morgan fingerprint density at radius 3 is 2.59 bits per heavy atom. The number of aromatic nitrogens is 1. The summed E-state index contributed by atoms with van der Waals surface area (Å²) in [7, 11) is 0. The quantitative estimate of drug-likeness (QED) is 0.831. The van der Waals surface area contributed by atoms with Gasteiger partial charge < -0.3 is 14.7 Å². The Kier molecular flexibility index (Phi) is 2.59. The second kappa shape index (κ2) is 3.93. The Bertz CT molecular complexity index is 586. The van der Waals surface area contributed by atoms with Crippen molar-refractivity contribution >= 4 is 5.97 Å². The van der Waals surface area contributed by atoms with Gasteiger partial charge in [0, 0.05) is 11.6 Å². The minimum atomic E-state index is -1.16. The van der Waals surface area contributed by atoms with Crippen molar-refractivity contribution in [2.24, 2.45) is 0 Å². The van der Waals surface area contributed by atoms with Crippen molar-refractivity contribution < 1.29 is 19.5 Å². The van der Waals surface area contributed by atoms with Crippen molar-refractivity contribution in [3.05, 3.63) is 35.1 Å². The Hall–Kier alpha value is -2.30. The van der Waals surface area contributed by atoms with E-state index in [0.29, 0.717) is 5.69 Å².